The Kier molecular flexibility index (Phi) is 8.19. The minimum Gasteiger partial charge on any atom is -0.492 e. The molecule has 1 amide bonds. The summed E-state index contributed by atoms with van der Waals surface area (Å²) in [6, 6.07) is 9.51. The number of amides is 1. The molecule has 5 heteroatoms. The first-order chi connectivity index (χ1) is 8.56. The first-order valence-corrected chi connectivity index (χ1v) is 6.31. The quantitative estimate of drug-likeness (QED) is 0.755. The van der Waals surface area contributed by atoms with Crippen LogP contribution in [0.3, 0.4) is 0 Å². The Morgan fingerprint density at radius 2 is 2.00 bits per heavy atom. The van der Waals surface area contributed by atoms with E-state index in [1.165, 1.54) is 0 Å². The highest BCUT2D eigenvalue weighted by molar-refractivity contribution is 5.85. The average molecular weight is 287 g/mol. The van der Waals surface area contributed by atoms with Gasteiger partial charge in [-0.05, 0) is 25.5 Å². The zero-order valence-corrected chi connectivity index (χ0v) is 12.3. The summed E-state index contributed by atoms with van der Waals surface area (Å²) in [5.41, 5.74) is 5.12. The van der Waals surface area contributed by atoms with E-state index in [9.17, 15) is 4.79 Å². The number of benzene rings is 1. The molecule has 0 aromatic heterocycles. The third-order valence-electron chi connectivity index (χ3n) is 2.69. The molecule has 1 aromatic rings. The van der Waals surface area contributed by atoms with Crippen molar-refractivity contribution in [2.45, 2.75) is 32.2 Å². The minimum atomic E-state index is -0.790. The van der Waals surface area contributed by atoms with E-state index < -0.39 is 5.54 Å². The summed E-state index contributed by atoms with van der Waals surface area (Å²) in [5.74, 6) is 0.678. The smallest absolute Gasteiger partial charge is 0.239 e. The van der Waals surface area contributed by atoms with Crippen LogP contribution in [0.15, 0.2) is 30.3 Å². The van der Waals surface area contributed by atoms with Gasteiger partial charge in [-0.25, -0.2) is 0 Å². The third kappa shape index (κ3) is 6.45. The molecule has 0 saturated carbocycles. The van der Waals surface area contributed by atoms with Crippen molar-refractivity contribution in [3.8, 4) is 5.75 Å². The van der Waals surface area contributed by atoms with Crippen LogP contribution in [-0.4, -0.2) is 24.6 Å². The second kappa shape index (κ2) is 8.77. The molecule has 1 aromatic carbocycles. The van der Waals surface area contributed by atoms with E-state index in [1.807, 2.05) is 37.3 Å². The summed E-state index contributed by atoms with van der Waals surface area (Å²) in [4.78, 5) is 11.8. The highest BCUT2D eigenvalue weighted by Gasteiger charge is 2.26. The zero-order valence-electron chi connectivity index (χ0n) is 11.5. The molecule has 0 aliphatic rings. The lowest BCUT2D eigenvalue weighted by Gasteiger charge is -2.22. The molecule has 0 aliphatic heterocycles. The van der Waals surface area contributed by atoms with E-state index in [1.54, 1.807) is 6.92 Å². The molecular formula is C14H23ClN2O2. The third-order valence-corrected chi connectivity index (χ3v) is 2.69. The van der Waals surface area contributed by atoms with Gasteiger partial charge in [0.05, 0.1) is 12.1 Å². The number of hydrogen-bond donors (Lipinski definition) is 2. The van der Waals surface area contributed by atoms with Crippen LogP contribution in [0.4, 0.5) is 0 Å². The van der Waals surface area contributed by atoms with Crippen molar-refractivity contribution in [2.24, 2.45) is 5.73 Å². The first-order valence-electron chi connectivity index (χ1n) is 6.31. The van der Waals surface area contributed by atoms with E-state index in [2.05, 4.69) is 5.32 Å². The van der Waals surface area contributed by atoms with Gasteiger partial charge in [0.2, 0.25) is 5.91 Å². The summed E-state index contributed by atoms with van der Waals surface area (Å²) in [6.45, 7) is 4.67. The highest BCUT2D eigenvalue weighted by Crippen LogP contribution is 2.09. The van der Waals surface area contributed by atoms with Gasteiger partial charge in [-0.2, -0.15) is 0 Å². The number of ether oxygens (including phenoxy) is 1. The molecule has 108 valence electrons. The lowest BCUT2D eigenvalue weighted by Crippen LogP contribution is -2.52. The summed E-state index contributed by atoms with van der Waals surface area (Å²) < 4.78 is 5.47. The maximum Gasteiger partial charge on any atom is 0.239 e. The first kappa shape index (κ1) is 17.7. The molecule has 1 unspecified atom stereocenters. The summed E-state index contributed by atoms with van der Waals surface area (Å²) >= 11 is 0. The predicted octanol–water partition coefficient (Wildman–Crippen LogP) is 2.12. The monoisotopic (exact) mass is 286 g/mol. The summed E-state index contributed by atoms with van der Waals surface area (Å²) in [5, 5.41) is 2.79. The molecule has 0 fully saturated rings. The van der Waals surface area contributed by atoms with E-state index in [0.29, 0.717) is 19.6 Å². The number of nitrogens with one attached hydrogen (secondary N) is 1. The van der Waals surface area contributed by atoms with E-state index in [0.717, 1.165) is 12.2 Å². The number of halogens is 1. The highest BCUT2D eigenvalue weighted by atomic mass is 35.5. The van der Waals surface area contributed by atoms with Crippen LogP contribution in [0.25, 0.3) is 0 Å². The van der Waals surface area contributed by atoms with Gasteiger partial charge >= 0.3 is 0 Å². The Hall–Kier alpha value is -1.26. The molecule has 0 heterocycles. The van der Waals surface area contributed by atoms with Crippen molar-refractivity contribution >= 4 is 18.3 Å². The van der Waals surface area contributed by atoms with Gasteiger partial charge in [-0.3, -0.25) is 4.79 Å². The Labute approximate surface area is 121 Å². The molecule has 0 spiro atoms. The van der Waals surface area contributed by atoms with Gasteiger partial charge in [0.25, 0.3) is 0 Å². The van der Waals surface area contributed by atoms with Crippen molar-refractivity contribution < 1.29 is 9.53 Å². The maximum absolute atomic E-state index is 11.8. The maximum atomic E-state index is 11.8. The molecule has 1 atom stereocenters. The van der Waals surface area contributed by atoms with E-state index in [4.69, 9.17) is 10.5 Å². The fourth-order valence-electron chi connectivity index (χ4n) is 1.68. The second-order valence-corrected chi connectivity index (χ2v) is 4.58. The van der Waals surface area contributed by atoms with Crippen molar-refractivity contribution in [3.63, 3.8) is 0 Å². The van der Waals surface area contributed by atoms with Crippen LogP contribution < -0.4 is 15.8 Å². The molecule has 0 aliphatic carbocycles. The zero-order chi connectivity index (χ0) is 13.4. The van der Waals surface area contributed by atoms with Crippen LogP contribution >= 0.6 is 12.4 Å². The summed E-state index contributed by atoms with van der Waals surface area (Å²) in [6.07, 6.45) is 1.57. The van der Waals surface area contributed by atoms with Crippen LogP contribution in [0.2, 0.25) is 0 Å². The summed E-state index contributed by atoms with van der Waals surface area (Å²) in [7, 11) is 0. The molecule has 0 saturated heterocycles. The number of para-hydroxylation sites is 1. The van der Waals surface area contributed by atoms with Gasteiger partial charge < -0.3 is 15.8 Å². The number of nitrogens with two attached hydrogens (primary N) is 1. The molecule has 0 bridgehead atoms. The lowest BCUT2D eigenvalue weighted by molar-refractivity contribution is -0.126. The molecule has 3 N–H and O–H groups in total. The Balaban J connectivity index is 0.00000324. The SMILES string of the molecule is CCCC(C)(N)C(=O)NCCOc1ccccc1.Cl. The Morgan fingerprint density at radius 1 is 1.37 bits per heavy atom. The van der Waals surface area contributed by atoms with Gasteiger partial charge in [0, 0.05) is 0 Å². The van der Waals surface area contributed by atoms with Crippen molar-refractivity contribution in [3.05, 3.63) is 30.3 Å². The second-order valence-electron chi connectivity index (χ2n) is 4.58. The van der Waals surface area contributed by atoms with Crippen molar-refractivity contribution in [2.75, 3.05) is 13.2 Å². The number of carbonyl (C=O) groups excluding carboxylic acids is 1. The molecule has 19 heavy (non-hydrogen) atoms. The van der Waals surface area contributed by atoms with Crippen LogP contribution in [0, 0.1) is 0 Å². The average Bonchev–Trinajstić information content (AvgIpc) is 2.35. The van der Waals surface area contributed by atoms with E-state index >= 15 is 0 Å². The molecule has 4 nitrogen and oxygen atoms in total. The Morgan fingerprint density at radius 3 is 2.58 bits per heavy atom. The van der Waals surface area contributed by atoms with E-state index in [-0.39, 0.29) is 18.3 Å². The van der Waals surface area contributed by atoms with Gasteiger partial charge in [-0.15, -0.1) is 12.4 Å². The van der Waals surface area contributed by atoms with Gasteiger partial charge in [0.1, 0.15) is 12.4 Å². The fourth-order valence-corrected chi connectivity index (χ4v) is 1.68. The predicted molar refractivity (Wildman–Crippen MR) is 79.7 cm³/mol. The molecule has 0 radical (unpaired) electrons. The normalized spacial score (nSPS) is 13.0. The van der Waals surface area contributed by atoms with Crippen molar-refractivity contribution in [1.29, 1.82) is 0 Å². The van der Waals surface area contributed by atoms with Crippen LogP contribution in [0.5, 0.6) is 5.75 Å². The number of hydrogen-bond acceptors (Lipinski definition) is 3. The topological polar surface area (TPSA) is 64.4 Å². The van der Waals surface area contributed by atoms with Gasteiger partial charge in [0.15, 0.2) is 0 Å². The van der Waals surface area contributed by atoms with Crippen molar-refractivity contribution in [1.82, 2.24) is 5.32 Å². The largest absolute Gasteiger partial charge is 0.492 e. The van der Waals surface area contributed by atoms with Gasteiger partial charge in [-0.1, -0.05) is 31.5 Å². The van der Waals surface area contributed by atoms with Crippen LogP contribution in [-0.2, 0) is 4.79 Å². The number of carbonyl (C=O) groups is 1. The lowest BCUT2D eigenvalue weighted by atomic mass is 9.97. The Bertz CT molecular complexity index is 369. The number of rotatable bonds is 7. The molecule has 1 rings (SSSR count). The fraction of sp³-hybridized carbons (Fsp3) is 0.500. The van der Waals surface area contributed by atoms with Crippen LogP contribution in [0.1, 0.15) is 26.7 Å². The molecular weight excluding hydrogens is 264 g/mol. The standard InChI is InChI=1S/C14H22N2O2.ClH/c1-3-9-14(2,15)13(17)16-10-11-18-12-7-5-4-6-8-12;/h4-8H,3,9-11,15H2,1-2H3,(H,16,17);1H. The minimum absolute atomic E-state index is 0.